The highest BCUT2D eigenvalue weighted by molar-refractivity contribution is 6.04. The average Bonchev–Trinajstić information content (AvgIpc) is 2.71. The number of carbonyl (C=O) groups excluding carboxylic acids is 2. The Morgan fingerprint density at radius 1 is 1.03 bits per heavy atom. The van der Waals surface area contributed by atoms with Crippen molar-refractivity contribution in [3.8, 4) is 0 Å². The lowest BCUT2D eigenvalue weighted by Gasteiger charge is -2.24. The summed E-state index contributed by atoms with van der Waals surface area (Å²) in [6.07, 6.45) is 1.71. The number of nitrogen functional groups attached to an aromatic ring is 1. The minimum absolute atomic E-state index is 0.153. The zero-order valence-electron chi connectivity index (χ0n) is 16.0. The van der Waals surface area contributed by atoms with Crippen LogP contribution in [0.3, 0.4) is 0 Å². The van der Waals surface area contributed by atoms with Gasteiger partial charge in [-0.1, -0.05) is 18.2 Å². The number of carbonyl (C=O) groups is 2. The molecule has 0 saturated heterocycles. The third-order valence-corrected chi connectivity index (χ3v) is 4.44. The van der Waals surface area contributed by atoms with E-state index in [0.717, 1.165) is 11.3 Å². The molecule has 29 heavy (non-hydrogen) atoms. The maximum atomic E-state index is 13.0. The number of aryl methyl sites for hydroxylation is 1. The molecule has 148 valence electrons. The van der Waals surface area contributed by atoms with Gasteiger partial charge in [-0.15, -0.1) is 0 Å². The van der Waals surface area contributed by atoms with Crippen LogP contribution in [0.2, 0.25) is 0 Å². The van der Waals surface area contributed by atoms with E-state index in [4.69, 9.17) is 16.2 Å². The Morgan fingerprint density at radius 3 is 2.41 bits per heavy atom. The first-order chi connectivity index (χ1) is 14.0. The molecular formula is C22H22N4O3. The van der Waals surface area contributed by atoms with Crippen molar-refractivity contribution < 1.29 is 14.3 Å². The summed E-state index contributed by atoms with van der Waals surface area (Å²) in [7, 11) is 0. The van der Waals surface area contributed by atoms with Crippen LogP contribution in [0.25, 0.3) is 0 Å². The molecule has 0 aliphatic carbocycles. The molecule has 0 radical (unpaired) electrons. The number of pyridine rings is 1. The molecule has 7 heteroatoms. The number of nitrogens with two attached hydrogens (primary N) is 2. The first kappa shape index (κ1) is 20.0. The normalized spacial score (nSPS) is 10.5. The van der Waals surface area contributed by atoms with E-state index in [-0.39, 0.29) is 19.1 Å². The summed E-state index contributed by atoms with van der Waals surface area (Å²) in [5, 5.41) is 0. The predicted octanol–water partition coefficient (Wildman–Crippen LogP) is 2.95. The first-order valence-corrected chi connectivity index (χ1v) is 9.03. The number of benzene rings is 2. The molecule has 7 nitrogen and oxygen atoms in total. The maximum Gasteiger partial charge on any atom is 0.257 e. The number of hydrogen-bond acceptors (Lipinski definition) is 5. The molecule has 1 heterocycles. The highest BCUT2D eigenvalue weighted by Gasteiger charge is 2.20. The Hall–Kier alpha value is -3.71. The van der Waals surface area contributed by atoms with Crippen LogP contribution in [0.15, 0.2) is 66.9 Å². The van der Waals surface area contributed by atoms with E-state index in [1.807, 2.05) is 19.1 Å². The molecule has 0 unspecified atom stereocenters. The van der Waals surface area contributed by atoms with E-state index in [1.165, 1.54) is 4.90 Å². The second-order valence-electron chi connectivity index (χ2n) is 6.44. The summed E-state index contributed by atoms with van der Waals surface area (Å²) in [6.45, 7) is 2.00. The Labute approximate surface area is 168 Å². The van der Waals surface area contributed by atoms with Gasteiger partial charge in [0, 0.05) is 23.1 Å². The molecule has 2 aromatic carbocycles. The molecule has 0 atom stereocenters. The van der Waals surface area contributed by atoms with Crippen molar-refractivity contribution in [3.63, 3.8) is 0 Å². The number of para-hydroxylation sites is 2. The van der Waals surface area contributed by atoms with Crippen LogP contribution >= 0.6 is 0 Å². The number of ether oxygens (including phenoxy) is 1. The van der Waals surface area contributed by atoms with Gasteiger partial charge in [-0.05, 0) is 55.0 Å². The SMILES string of the molecule is Cc1ncccc1COCC(=O)N(c1ccc(C(N)=O)cc1)c1ccccc1N. The quantitative estimate of drug-likeness (QED) is 0.603. The molecule has 3 rings (SSSR count). The van der Waals surface area contributed by atoms with Crippen molar-refractivity contribution >= 4 is 28.9 Å². The van der Waals surface area contributed by atoms with Gasteiger partial charge < -0.3 is 16.2 Å². The number of primary amides is 1. The average molecular weight is 390 g/mol. The molecule has 3 aromatic rings. The van der Waals surface area contributed by atoms with E-state index in [9.17, 15) is 9.59 Å². The Bertz CT molecular complexity index is 1020. The van der Waals surface area contributed by atoms with Crippen LogP contribution in [0, 0.1) is 6.92 Å². The summed E-state index contributed by atoms with van der Waals surface area (Å²) >= 11 is 0. The van der Waals surface area contributed by atoms with Crippen LogP contribution in [0.5, 0.6) is 0 Å². The summed E-state index contributed by atoms with van der Waals surface area (Å²) in [5.41, 5.74) is 15.1. The first-order valence-electron chi connectivity index (χ1n) is 9.03. The van der Waals surface area contributed by atoms with E-state index in [0.29, 0.717) is 22.6 Å². The van der Waals surface area contributed by atoms with Gasteiger partial charge in [0.15, 0.2) is 0 Å². The van der Waals surface area contributed by atoms with E-state index in [1.54, 1.807) is 54.7 Å². The molecule has 0 bridgehead atoms. The number of aromatic nitrogens is 1. The molecule has 0 spiro atoms. The van der Waals surface area contributed by atoms with Gasteiger partial charge in [0.05, 0.1) is 18.0 Å². The Balaban J connectivity index is 1.83. The smallest absolute Gasteiger partial charge is 0.257 e. The van der Waals surface area contributed by atoms with Crippen molar-refractivity contribution in [2.45, 2.75) is 13.5 Å². The topological polar surface area (TPSA) is 112 Å². The highest BCUT2D eigenvalue weighted by Crippen LogP contribution is 2.30. The van der Waals surface area contributed by atoms with Crippen molar-refractivity contribution in [1.29, 1.82) is 0 Å². The van der Waals surface area contributed by atoms with Crippen LogP contribution in [0.4, 0.5) is 17.1 Å². The van der Waals surface area contributed by atoms with Crippen molar-refractivity contribution in [1.82, 2.24) is 4.98 Å². The van der Waals surface area contributed by atoms with Crippen molar-refractivity contribution in [2.75, 3.05) is 17.2 Å². The summed E-state index contributed by atoms with van der Waals surface area (Å²) < 4.78 is 5.64. The molecular weight excluding hydrogens is 368 g/mol. The molecule has 1 aromatic heterocycles. The van der Waals surface area contributed by atoms with Gasteiger partial charge in [0.25, 0.3) is 5.91 Å². The van der Waals surface area contributed by atoms with Crippen LogP contribution in [0.1, 0.15) is 21.6 Å². The fourth-order valence-corrected chi connectivity index (χ4v) is 2.87. The van der Waals surface area contributed by atoms with Crippen LogP contribution in [-0.4, -0.2) is 23.4 Å². The van der Waals surface area contributed by atoms with Gasteiger partial charge >= 0.3 is 0 Å². The Kier molecular flexibility index (Phi) is 6.21. The highest BCUT2D eigenvalue weighted by atomic mass is 16.5. The number of rotatable bonds is 7. The molecule has 0 aliphatic rings. The zero-order valence-corrected chi connectivity index (χ0v) is 16.0. The minimum Gasteiger partial charge on any atom is -0.397 e. The fraction of sp³-hybridized carbons (Fsp3) is 0.136. The number of nitrogens with zero attached hydrogens (tertiary/aromatic N) is 2. The largest absolute Gasteiger partial charge is 0.397 e. The predicted molar refractivity (Wildman–Crippen MR) is 112 cm³/mol. The fourth-order valence-electron chi connectivity index (χ4n) is 2.87. The summed E-state index contributed by atoms with van der Waals surface area (Å²) in [6, 6.07) is 17.2. The molecule has 4 N–H and O–H groups in total. The standard InChI is InChI=1S/C22H22N4O3/c1-15-17(5-4-12-25-15)13-29-14-21(27)26(20-7-3-2-6-19(20)23)18-10-8-16(9-11-18)22(24)28/h2-12H,13-14,23H2,1H3,(H2,24,28). The van der Waals surface area contributed by atoms with Gasteiger partial charge in [-0.3, -0.25) is 19.5 Å². The lowest BCUT2D eigenvalue weighted by molar-refractivity contribution is -0.122. The molecule has 0 fully saturated rings. The minimum atomic E-state index is -0.538. The summed E-state index contributed by atoms with van der Waals surface area (Å²) in [5.74, 6) is -0.833. The monoisotopic (exact) mass is 390 g/mol. The van der Waals surface area contributed by atoms with E-state index < -0.39 is 5.91 Å². The molecule has 0 saturated carbocycles. The third kappa shape index (κ3) is 4.77. The molecule has 0 aliphatic heterocycles. The van der Waals surface area contributed by atoms with Crippen molar-refractivity contribution in [3.05, 3.63) is 83.7 Å². The van der Waals surface area contributed by atoms with E-state index in [2.05, 4.69) is 4.98 Å². The zero-order chi connectivity index (χ0) is 20.8. The lowest BCUT2D eigenvalue weighted by Crippen LogP contribution is -2.30. The van der Waals surface area contributed by atoms with Crippen LogP contribution in [-0.2, 0) is 16.1 Å². The van der Waals surface area contributed by atoms with Gasteiger partial charge in [-0.2, -0.15) is 0 Å². The second kappa shape index (κ2) is 8.99. The van der Waals surface area contributed by atoms with Crippen molar-refractivity contribution in [2.24, 2.45) is 5.73 Å². The molecule has 2 amide bonds. The third-order valence-electron chi connectivity index (χ3n) is 4.44. The number of anilines is 3. The second-order valence-corrected chi connectivity index (χ2v) is 6.44. The number of amides is 2. The Morgan fingerprint density at radius 2 is 1.76 bits per heavy atom. The van der Waals surface area contributed by atoms with Gasteiger partial charge in [-0.25, -0.2) is 0 Å². The maximum absolute atomic E-state index is 13.0. The summed E-state index contributed by atoms with van der Waals surface area (Å²) in [4.78, 5) is 30.0. The van der Waals surface area contributed by atoms with E-state index >= 15 is 0 Å². The van der Waals surface area contributed by atoms with Gasteiger partial charge in [0.2, 0.25) is 5.91 Å². The van der Waals surface area contributed by atoms with Gasteiger partial charge in [0.1, 0.15) is 6.61 Å². The number of hydrogen-bond donors (Lipinski definition) is 2. The van der Waals surface area contributed by atoms with Crippen LogP contribution < -0.4 is 16.4 Å². The lowest BCUT2D eigenvalue weighted by atomic mass is 10.1.